The van der Waals surface area contributed by atoms with E-state index in [0.717, 1.165) is 33.6 Å². The lowest BCUT2D eigenvalue weighted by atomic mass is 10.1. The molecule has 0 radical (unpaired) electrons. The van der Waals surface area contributed by atoms with Crippen LogP contribution in [0.3, 0.4) is 0 Å². The molecule has 0 saturated carbocycles. The van der Waals surface area contributed by atoms with E-state index in [-0.39, 0.29) is 5.56 Å². The molecule has 5 rings (SSSR count). The van der Waals surface area contributed by atoms with Crippen molar-refractivity contribution in [2.45, 2.75) is 0 Å². The maximum atomic E-state index is 11.5. The predicted molar refractivity (Wildman–Crippen MR) is 113 cm³/mol. The summed E-state index contributed by atoms with van der Waals surface area (Å²) in [7, 11) is 2.00. The van der Waals surface area contributed by atoms with Crippen molar-refractivity contribution in [3.05, 3.63) is 78.7 Å². The molecule has 0 aliphatic rings. The van der Waals surface area contributed by atoms with E-state index in [1.807, 2.05) is 61.6 Å². The van der Waals surface area contributed by atoms with E-state index in [0.29, 0.717) is 11.0 Å². The number of anilines is 2. The third-order valence-corrected chi connectivity index (χ3v) is 5.13. The van der Waals surface area contributed by atoms with Gasteiger partial charge in [0.25, 0.3) is 0 Å². The molecule has 6 heteroatoms. The third kappa shape index (κ3) is 2.73. The molecule has 0 amide bonds. The van der Waals surface area contributed by atoms with Crippen LogP contribution in [0.15, 0.2) is 77.5 Å². The lowest BCUT2D eigenvalue weighted by Crippen LogP contribution is -2.09. The summed E-state index contributed by atoms with van der Waals surface area (Å²) >= 11 is 0. The molecule has 0 saturated heterocycles. The van der Waals surface area contributed by atoms with Crippen LogP contribution in [0.25, 0.3) is 33.3 Å². The Bertz CT molecular complexity index is 1350. The Kier molecular flexibility index (Phi) is 3.84. The van der Waals surface area contributed by atoms with Gasteiger partial charge in [0.2, 0.25) is 0 Å². The molecule has 0 fully saturated rings. The minimum absolute atomic E-state index is 0.193. The highest BCUT2D eigenvalue weighted by Gasteiger charge is 2.18. The molecule has 0 aliphatic heterocycles. The second-order valence-corrected chi connectivity index (χ2v) is 6.80. The number of para-hydroxylation sites is 2. The summed E-state index contributed by atoms with van der Waals surface area (Å²) in [5.41, 5.74) is 5.68. The molecule has 0 spiro atoms. The lowest BCUT2D eigenvalue weighted by molar-refractivity contribution is 0.0698. The van der Waals surface area contributed by atoms with Crippen molar-refractivity contribution in [3.63, 3.8) is 0 Å². The van der Waals surface area contributed by atoms with Gasteiger partial charge in [0.1, 0.15) is 6.26 Å². The maximum absolute atomic E-state index is 11.5. The highest BCUT2D eigenvalue weighted by molar-refractivity contribution is 6.05. The van der Waals surface area contributed by atoms with Crippen LogP contribution in [0, 0.1) is 0 Å². The largest absolute Gasteiger partial charge is 0.478 e. The molecule has 3 heterocycles. The molecule has 3 aromatic heterocycles. The fourth-order valence-corrected chi connectivity index (χ4v) is 3.66. The number of carbonyl (C=O) groups is 1. The van der Waals surface area contributed by atoms with Gasteiger partial charge in [-0.25, -0.2) is 4.79 Å². The van der Waals surface area contributed by atoms with Crippen molar-refractivity contribution in [3.8, 4) is 11.3 Å². The van der Waals surface area contributed by atoms with E-state index in [2.05, 4.69) is 14.9 Å². The molecule has 0 bridgehead atoms. The smallest absolute Gasteiger partial charge is 0.337 e. The monoisotopic (exact) mass is 383 g/mol. The van der Waals surface area contributed by atoms with Gasteiger partial charge in [-0.15, -0.1) is 0 Å². The number of fused-ring (bicyclic) bond motifs is 2. The van der Waals surface area contributed by atoms with Crippen molar-refractivity contribution in [2.24, 2.45) is 0 Å². The van der Waals surface area contributed by atoms with E-state index in [1.165, 1.54) is 12.3 Å². The molecule has 0 unspecified atom stereocenters. The van der Waals surface area contributed by atoms with Crippen molar-refractivity contribution >= 4 is 39.3 Å². The molecular weight excluding hydrogens is 366 g/mol. The molecular formula is C23H17N3O3. The quantitative estimate of drug-likeness (QED) is 0.432. The second kappa shape index (κ2) is 6.53. The van der Waals surface area contributed by atoms with Crippen LogP contribution in [-0.4, -0.2) is 28.1 Å². The molecule has 29 heavy (non-hydrogen) atoms. The highest BCUT2D eigenvalue weighted by atomic mass is 16.4. The second-order valence-electron chi connectivity index (χ2n) is 6.80. The molecule has 142 valence electrons. The van der Waals surface area contributed by atoms with Crippen molar-refractivity contribution in [2.75, 3.05) is 11.9 Å². The lowest BCUT2D eigenvalue weighted by Gasteiger charge is -2.19. The van der Waals surface area contributed by atoms with Crippen LogP contribution >= 0.6 is 0 Å². The summed E-state index contributed by atoms with van der Waals surface area (Å²) in [6.07, 6.45) is 3.20. The van der Waals surface area contributed by atoms with Gasteiger partial charge in [-0.1, -0.05) is 30.3 Å². The number of aromatic carboxylic acids is 1. The van der Waals surface area contributed by atoms with Crippen molar-refractivity contribution in [1.29, 1.82) is 0 Å². The van der Waals surface area contributed by atoms with Gasteiger partial charge in [0.15, 0.2) is 5.58 Å². The fraction of sp³-hybridized carbons (Fsp3) is 0.0435. The Balaban J connectivity index is 1.66. The standard InChI is InChI=1S/C23H17N3O3/c1-26(14-6-3-2-4-7-14)20-9-5-8-15-17(13-29-22(15)20)18-12-19-21(25-18)16(23(27)28)10-11-24-19/h2-13,25H,1H3,(H,27,28). The number of rotatable bonds is 4. The van der Waals surface area contributed by atoms with E-state index < -0.39 is 5.97 Å². The summed E-state index contributed by atoms with van der Waals surface area (Å²) in [4.78, 5) is 21.1. The summed E-state index contributed by atoms with van der Waals surface area (Å²) in [5, 5.41) is 10.4. The zero-order chi connectivity index (χ0) is 20.0. The SMILES string of the molecule is CN(c1ccccc1)c1cccc2c(-c3cc4nccc(C(=O)O)c4[nH]3)coc12. The van der Waals surface area contributed by atoms with Crippen LogP contribution in [0.4, 0.5) is 11.4 Å². The minimum atomic E-state index is -0.991. The first-order valence-corrected chi connectivity index (χ1v) is 9.14. The zero-order valence-corrected chi connectivity index (χ0v) is 15.6. The van der Waals surface area contributed by atoms with Gasteiger partial charge in [-0.2, -0.15) is 0 Å². The van der Waals surface area contributed by atoms with Gasteiger partial charge >= 0.3 is 5.97 Å². The van der Waals surface area contributed by atoms with E-state index in [1.54, 1.807) is 6.26 Å². The number of H-pyrrole nitrogens is 1. The topological polar surface area (TPSA) is 82.4 Å². The van der Waals surface area contributed by atoms with Crippen LogP contribution in [0.5, 0.6) is 0 Å². The number of carboxylic acid groups (broad SMARTS) is 1. The molecule has 5 aromatic rings. The fourth-order valence-electron chi connectivity index (χ4n) is 3.66. The normalized spacial score (nSPS) is 11.2. The zero-order valence-electron chi connectivity index (χ0n) is 15.6. The molecule has 2 N–H and O–H groups in total. The van der Waals surface area contributed by atoms with Crippen LogP contribution in [-0.2, 0) is 0 Å². The average molecular weight is 383 g/mol. The Hall–Kier alpha value is -4.06. The number of benzene rings is 2. The van der Waals surface area contributed by atoms with Gasteiger partial charge in [0.05, 0.1) is 28.0 Å². The summed E-state index contributed by atoms with van der Waals surface area (Å²) < 4.78 is 5.95. The Labute approximate surface area is 166 Å². The number of pyridine rings is 1. The van der Waals surface area contributed by atoms with Crippen LogP contribution in [0.2, 0.25) is 0 Å². The first-order chi connectivity index (χ1) is 14.1. The number of furan rings is 1. The first-order valence-electron chi connectivity index (χ1n) is 9.14. The number of aromatic amines is 1. The minimum Gasteiger partial charge on any atom is -0.478 e. The molecule has 0 aliphatic carbocycles. The van der Waals surface area contributed by atoms with Gasteiger partial charge in [-0.3, -0.25) is 4.98 Å². The average Bonchev–Trinajstić information content (AvgIpc) is 3.37. The van der Waals surface area contributed by atoms with E-state index >= 15 is 0 Å². The number of nitrogens with zero attached hydrogens (tertiary/aromatic N) is 2. The number of nitrogens with one attached hydrogen (secondary N) is 1. The van der Waals surface area contributed by atoms with Crippen molar-refractivity contribution < 1.29 is 14.3 Å². The number of aromatic nitrogens is 2. The third-order valence-electron chi connectivity index (χ3n) is 5.13. The van der Waals surface area contributed by atoms with Crippen molar-refractivity contribution in [1.82, 2.24) is 9.97 Å². The Morgan fingerprint density at radius 2 is 1.93 bits per heavy atom. The highest BCUT2D eigenvalue weighted by Crippen LogP contribution is 2.38. The molecule has 6 nitrogen and oxygen atoms in total. The van der Waals surface area contributed by atoms with E-state index in [4.69, 9.17) is 4.42 Å². The van der Waals surface area contributed by atoms with Gasteiger partial charge < -0.3 is 19.4 Å². The van der Waals surface area contributed by atoms with E-state index in [9.17, 15) is 9.90 Å². The number of carboxylic acids is 1. The van der Waals surface area contributed by atoms with Gasteiger partial charge in [0, 0.05) is 29.9 Å². The summed E-state index contributed by atoms with van der Waals surface area (Å²) in [5.74, 6) is -0.991. The maximum Gasteiger partial charge on any atom is 0.337 e. The molecule has 0 atom stereocenters. The predicted octanol–water partition coefficient (Wildman–Crippen LogP) is 5.44. The number of hydrogen-bond donors (Lipinski definition) is 2. The Morgan fingerprint density at radius 3 is 2.72 bits per heavy atom. The van der Waals surface area contributed by atoms with Crippen LogP contribution in [0.1, 0.15) is 10.4 Å². The number of hydrogen-bond acceptors (Lipinski definition) is 4. The molecule has 2 aromatic carbocycles. The summed E-state index contributed by atoms with van der Waals surface area (Å²) in [6, 6.07) is 19.4. The Morgan fingerprint density at radius 1 is 1.10 bits per heavy atom. The first kappa shape index (κ1) is 17.1. The van der Waals surface area contributed by atoms with Gasteiger partial charge in [-0.05, 0) is 30.3 Å². The van der Waals surface area contributed by atoms with Crippen LogP contribution < -0.4 is 4.90 Å². The summed E-state index contributed by atoms with van der Waals surface area (Å²) in [6.45, 7) is 0.